The van der Waals surface area contributed by atoms with Gasteiger partial charge >= 0.3 is 6.03 Å². The maximum atomic E-state index is 12.2. The van der Waals surface area contributed by atoms with Crippen molar-refractivity contribution >= 4 is 23.7 Å². The van der Waals surface area contributed by atoms with E-state index in [-0.39, 0.29) is 22.9 Å². The van der Waals surface area contributed by atoms with Gasteiger partial charge in [0.1, 0.15) is 5.37 Å². The zero-order valence-electron chi connectivity index (χ0n) is 15.1. The molecule has 1 saturated heterocycles. The van der Waals surface area contributed by atoms with Crippen molar-refractivity contribution in [3.05, 3.63) is 35.4 Å². The van der Waals surface area contributed by atoms with Crippen LogP contribution in [0.4, 0.5) is 4.79 Å². The summed E-state index contributed by atoms with van der Waals surface area (Å²) in [6, 6.07) is 8.18. The van der Waals surface area contributed by atoms with E-state index in [0.717, 1.165) is 5.56 Å². The minimum Gasteiger partial charge on any atom is -0.333 e. The van der Waals surface area contributed by atoms with Crippen LogP contribution in [-0.4, -0.2) is 53.2 Å². The number of amides is 3. The number of rotatable bonds is 4. The summed E-state index contributed by atoms with van der Waals surface area (Å²) in [4.78, 5) is 27.9. The van der Waals surface area contributed by atoms with E-state index in [9.17, 15) is 9.59 Å². The zero-order valence-corrected chi connectivity index (χ0v) is 15.9. The predicted octanol–water partition coefficient (Wildman–Crippen LogP) is 3.01. The number of benzene rings is 1. The molecule has 5 nitrogen and oxygen atoms in total. The van der Waals surface area contributed by atoms with Crippen molar-refractivity contribution in [1.29, 1.82) is 0 Å². The van der Waals surface area contributed by atoms with E-state index in [4.69, 9.17) is 0 Å². The standard InChI is InChI=1S/C18H27N3O2S/c1-13-6-8-14(9-7-13)16-21(15(22)12-24-16)11-10-20(5)17(23)19-18(2,3)4/h6-9,16H,10-12H2,1-5H3,(H,19,23)/t16-/m0/s1. The Labute approximate surface area is 148 Å². The Balaban J connectivity index is 1.97. The first-order chi connectivity index (χ1) is 11.2. The number of urea groups is 1. The molecular formula is C18H27N3O2S. The molecule has 1 aliphatic rings. The second kappa shape index (κ2) is 7.47. The number of aryl methyl sites for hydroxylation is 1. The Hall–Kier alpha value is -1.69. The molecule has 0 bridgehead atoms. The molecule has 2 rings (SSSR count). The van der Waals surface area contributed by atoms with Crippen LogP contribution in [0.2, 0.25) is 0 Å². The van der Waals surface area contributed by atoms with Crippen LogP contribution in [0.1, 0.15) is 37.3 Å². The Kier molecular flexibility index (Phi) is 5.80. The molecule has 0 spiro atoms. The van der Waals surface area contributed by atoms with Crippen LogP contribution in [0.5, 0.6) is 0 Å². The molecule has 1 atom stereocenters. The molecule has 3 amide bonds. The van der Waals surface area contributed by atoms with Gasteiger partial charge in [0.05, 0.1) is 5.75 Å². The van der Waals surface area contributed by atoms with Crippen LogP contribution in [-0.2, 0) is 4.79 Å². The minimum atomic E-state index is -0.269. The van der Waals surface area contributed by atoms with Gasteiger partial charge in [-0.1, -0.05) is 29.8 Å². The number of likely N-dealkylation sites (N-methyl/N-ethyl adjacent to an activating group) is 1. The minimum absolute atomic E-state index is 0.0391. The van der Waals surface area contributed by atoms with Crippen LogP contribution in [0.25, 0.3) is 0 Å². The molecule has 0 unspecified atom stereocenters. The fraction of sp³-hybridized carbons (Fsp3) is 0.556. The number of nitrogens with zero attached hydrogens (tertiary/aromatic N) is 2. The van der Waals surface area contributed by atoms with Gasteiger partial charge in [0.15, 0.2) is 0 Å². The molecule has 132 valence electrons. The Bertz CT molecular complexity index is 595. The third kappa shape index (κ3) is 4.90. The van der Waals surface area contributed by atoms with E-state index in [1.165, 1.54) is 5.56 Å². The fourth-order valence-corrected chi connectivity index (χ4v) is 3.70. The third-order valence-corrected chi connectivity index (χ3v) is 5.09. The van der Waals surface area contributed by atoms with E-state index in [1.807, 2.05) is 25.7 Å². The summed E-state index contributed by atoms with van der Waals surface area (Å²) in [6.07, 6.45) is 0. The zero-order chi connectivity index (χ0) is 17.9. The Morgan fingerprint density at radius 1 is 1.33 bits per heavy atom. The smallest absolute Gasteiger partial charge is 0.317 e. The van der Waals surface area contributed by atoms with Gasteiger partial charge in [0, 0.05) is 25.7 Å². The molecule has 1 aliphatic heterocycles. The van der Waals surface area contributed by atoms with E-state index in [1.54, 1.807) is 23.7 Å². The molecule has 1 heterocycles. The summed E-state index contributed by atoms with van der Waals surface area (Å²) in [5.74, 6) is 0.631. The van der Waals surface area contributed by atoms with Crippen molar-refractivity contribution in [1.82, 2.24) is 15.1 Å². The molecule has 0 saturated carbocycles. The van der Waals surface area contributed by atoms with Gasteiger partial charge in [-0.2, -0.15) is 0 Å². The summed E-state index contributed by atoms with van der Waals surface area (Å²) in [5, 5.41) is 2.97. The summed E-state index contributed by atoms with van der Waals surface area (Å²) in [6.45, 7) is 8.96. The lowest BCUT2D eigenvalue weighted by Gasteiger charge is -2.29. The SMILES string of the molecule is Cc1ccc([C@@H]2SCC(=O)N2CCN(C)C(=O)NC(C)(C)C)cc1. The van der Waals surface area contributed by atoms with Crippen molar-refractivity contribution < 1.29 is 9.59 Å². The first kappa shape index (κ1) is 18.6. The average molecular weight is 350 g/mol. The van der Waals surface area contributed by atoms with Crippen LogP contribution < -0.4 is 5.32 Å². The quantitative estimate of drug-likeness (QED) is 0.909. The van der Waals surface area contributed by atoms with Crippen LogP contribution in [0.3, 0.4) is 0 Å². The van der Waals surface area contributed by atoms with Gasteiger partial charge in [-0.15, -0.1) is 11.8 Å². The molecule has 1 fully saturated rings. The van der Waals surface area contributed by atoms with Gasteiger partial charge in [0.25, 0.3) is 0 Å². The van der Waals surface area contributed by atoms with Crippen molar-refractivity contribution in [2.75, 3.05) is 25.9 Å². The van der Waals surface area contributed by atoms with Crippen molar-refractivity contribution in [3.8, 4) is 0 Å². The molecular weight excluding hydrogens is 322 g/mol. The van der Waals surface area contributed by atoms with E-state index in [2.05, 4.69) is 36.5 Å². The van der Waals surface area contributed by atoms with Crippen molar-refractivity contribution in [2.45, 2.75) is 38.6 Å². The number of thioether (sulfide) groups is 1. The van der Waals surface area contributed by atoms with Crippen molar-refractivity contribution in [2.24, 2.45) is 0 Å². The topological polar surface area (TPSA) is 52.7 Å². The fourth-order valence-electron chi connectivity index (χ4n) is 2.48. The van der Waals surface area contributed by atoms with Gasteiger partial charge < -0.3 is 15.1 Å². The maximum Gasteiger partial charge on any atom is 0.317 e. The van der Waals surface area contributed by atoms with Crippen LogP contribution in [0.15, 0.2) is 24.3 Å². The third-order valence-electron chi connectivity index (χ3n) is 3.84. The number of carbonyl (C=O) groups excluding carboxylic acids is 2. The Morgan fingerprint density at radius 3 is 2.54 bits per heavy atom. The molecule has 1 aromatic carbocycles. The van der Waals surface area contributed by atoms with E-state index < -0.39 is 0 Å². The average Bonchev–Trinajstić information content (AvgIpc) is 2.85. The highest BCUT2D eigenvalue weighted by Gasteiger charge is 2.32. The van der Waals surface area contributed by atoms with Gasteiger partial charge in [-0.3, -0.25) is 4.79 Å². The monoisotopic (exact) mass is 349 g/mol. The van der Waals surface area contributed by atoms with Gasteiger partial charge in [-0.05, 0) is 33.3 Å². The molecule has 0 aliphatic carbocycles. The van der Waals surface area contributed by atoms with Crippen molar-refractivity contribution in [3.63, 3.8) is 0 Å². The summed E-state index contributed by atoms with van der Waals surface area (Å²) in [5.41, 5.74) is 2.08. The number of hydrogen-bond acceptors (Lipinski definition) is 3. The summed E-state index contributed by atoms with van der Waals surface area (Å²) < 4.78 is 0. The summed E-state index contributed by atoms with van der Waals surface area (Å²) >= 11 is 1.64. The molecule has 0 radical (unpaired) electrons. The van der Waals surface area contributed by atoms with E-state index in [0.29, 0.717) is 18.8 Å². The van der Waals surface area contributed by atoms with Gasteiger partial charge in [0.2, 0.25) is 5.91 Å². The molecule has 1 aromatic rings. The lowest BCUT2D eigenvalue weighted by molar-refractivity contribution is -0.128. The normalized spacial score (nSPS) is 18.0. The Morgan fingerprint density at radius 2 is 1.96 bits per heavy atom. The highest BCUT2D eigenvalue weighted by Crippen LogP contribution is 2.38. The van der Waals surface area contributed by atoms with Gasteiger partial charge in [-0.25, -0.2) is 4.79 Å². The predicted molar refractivity (Wildman–Crippen MR) is 99.0 cm³/mol. The highest BCUT2D eigenvalue weighted by atomic mass is 32.2. The van der Waals surface area contributed by atoms with Crippen LogP contribution in [0, 0.1) is 6.92 Å². The van der Waals surface area contributed by atoms with Crippen LogP contribution >= 0.6 is 11.8 Å². The second-order valence-corrected chi connectivity index (χ2v) is 8.33. The summed E-state index contributed by atoms with van der Waals surface area (Å²) in [7, 11) is 1.76. The molecule has 0 aromatic heterocycles. The lowest BCUT2D eigenvalue weighted by Crippen LogP contribution is -2.49. The first-order valence-electron chi connectivity index (χ1n) is 8.18. The molecule has 1 N–H and O–H groups in total. The first-order valence-corrected chi connectivity index (χ1v) is 9.23. The maximum absolute atomic E-state index is 12.2. The number of nitrogens with one attached hydrogen (secondary N) is 1. The van der Waals surface area contributed by atoms with E-state index >= 15 is 0 Å². The number of carbonyl (C=O) groups is 2. The molecule has 6 heteroatoms. The highest BCUT2D eigenvalue weighted by molar-refractivity contribution is 8.00. The lowest BCUT2D eigenvalue weighted by atomic mass is 10.1. The second-order valence-electron chi connectivity index (χ2n) is 7.26. The largest absolute Gasteiger partial charge is 0.333 e. The number of hydrogen-bond donors (Lipinski definition) is 1. The molecule has 24 heavy (non-hydrogen) atoms.